The Hall–Kier alpha value is -2.68. The highest BCUT2D eigenvalue weighted by molar-refractivity contribution is 5.94. The normalized spacial score (nSPS) is 18.2. The second-order valence-corrected chi connectivity index (χ2v) is 5.07. The van der Waals surface area contributed by atoms with Crippen molar-refractivity contribution in [1.82, 2.24) is 20.1 Å². The molecule has 0 radical (unpaired) electrons. The van der Waals surface area contributed by atoms with E-state index in [0.29, 0.717) is 17.7 Å². The van der Waals surface area contributed by atoms with Crippen LogP contribution in [0.5, 0.6) is 0 Å². The quantitative estimate of drug-likeness (QED) is 0.912. The smallest absolute Gasteiger partial charge is 0.254 e. The molecule has 6 heteroatoms. The molecule has 1 saturated heterocycles. The first kappa shape index (κ1) is 13.3. The maximum Gasteiger partial charge on any atom is 0.254 e. The number of likely N-dealkylation sites (tertiary alicyclic amines) is 1. The van der Waals surface area contributed by atoms with Gasteiger partial charge in [0.05, 0.1) is 17.7 Å². The Labute approximate surface area is 122 Å². The van der Waals surface area contributed by atoms with Crippen LogP contribution in [0, 0.1) is 11.3 Å². The average molecular weight is 281 g/mol. The Kier molecular flexibility index (Phi) is 3.65. The molecule has 21 heavy (non-hydrogen) atoms. The van der Waals surface area contributed by atoms with E-state index in [1.165, 1.54) is 6.33 Å². The van der Waals surface area contributed by atoms with Crippen LogP contribution in [-0.2, 0) is 0 Å². The number of nitrogens with one attached hydrogen (secondary N) is 1. The molecule has 2 aromatic rings. The molecule has 6 nitrogen and oxygen atoms in total. The lowest BCUT2D eigenvalue weighted by molar-refractivity contribution is 0.0600. The van der Waals surface area contributed by atoms with Crippen LogP contribution in [0.15, 0.2) is 30.6 Å². The molecule has 1 aromatic carbocycles. The minimum atomic E-state index is -0.0515. The fourth-order valence-corrected chi connectivity index (χ4v) is 2.69. The van der Waals surface area contributed by atoms with E-state index < -0.39 is 0 Å². The third-order valence-corrected chi connectivity index (χ3v) is 3.77. The zero-order valence-corrected chi connectivity index (χ0v) is 11.5. The van der Waals surface area contributed by atoms with Gasteiger partial charge in [-0.25, -0.2) is 4.98 Å². The summed E-state index contributed by atoms with van der Waals surface area (Å²) in [7, 11) is 0. The SMILES string of the molecule is N#Cc1ccc(C(=O)N2CCCC[C@H]2c2ncn[nH]2)cc1. The third-order valence-electron chi connectivity index (χ3n) is 3.77. The molecule has 1 aromatic heterocycles. The van der Waals surface area contributed by atoms with Crippen molar-refractivity contribution in [2.75, 3.05) is 6.54 Å². The summed E-state index contributed by atoms with van der Waals surface area (Å²) in [5, 5.41) is 15.6. The van der Waals surface area contributed by atoms with Crippen LogP contribution < -0.4 is 0 Å². The van der Waals surface area contributed by atoms with Crippen molar-refractivity contribution in [1.29, 1.82) is 5.26 Å². The first-order valence-electron chi connectivity index (χ1n) is 6.96. The fourth-order valence-electron chi connectivity index (χ4n) is 2.69. The van der Waals surface area contributed by atoms with Crippen LogP contribution in [-0.4, -0.2) is 32.5 Å². The molecular weight excluding hydrogens is 266 g/mol. The predicted molar refractivity (Wildman–Crippen MR) is 75.2 cm³/mol. The molecule has 1 N–H and O–H groups in total. The van der Waals surface area contributed by atoms with Crippen molar-refractivity contribution in [3.8, 4) is 6.07 Å². The van der Waals surface area contributed by atoms with Crippen LogP contribution in [0.2, 0.25) is 0 Å². The van der Waals surface area contributed by atoms with Crippen molar-refractivity contribution in [2.45, 2.75) is 25.3 Å². The molecule has 1 aliphatic heterocycles. The summed E-state index contributed by atoms with van der Waals surface area (Å²) in [5.74, 6) is 0.706. The lowest BCUT2D eigenvalue weighted by atomic mass is 10.00. The van der Waals surface area contributed by atoms with Gasteiger partial charge in [0.1, 0.15) is 12.2 Å². The van der Waals surface area contributed by atoms with Crippen LogP contribution in [0.25, 0.3) is 0 Å². The summed E-state index contributed by atoms with van der Waals surface area (Å²) in [4.78, 5) is 18.7. The summed E-state index contributed by atoms with van der Waals surface area (Å²) in [5.41, 5.74) is 1.15. The van der Waals surface area contributed by atoms with Crippen LogP contribution in [0.1, 0.15) is 47.1 Å². The van der Waals surface area contributed by atoms with Gasteiger partial charge in [0, 0.05) is 12.1 Å². The summed E-state index contributed by atoms with van der Waals surface area (Å²) in [6.07, 6.45) is 4.42. The Bertz CT molecular complexity index is 656. The molecular formula is C15H15N5O. The highest BCUT2D eigenvalue weighted by Crippen LogP contribution is 2.29. The Morgan fingerprint density at radius 1 is 1.33 bits per heavy atom. The number of rotatable bonds is 2. The lowest BCUT2D eigenvalue weighted by Crippen LogP contribution is -2.39. The molecule has 0 aliphatic carbocycles. The number of carbonyl (C=O) groups is 1. The van der Waals surface area contributed by atoms with Crippen molar-refractivity contribution in [3.63, 3.8) is 0 Å². The zero-order chi connectivity index (χ0) is 14.7. The number of amides is 1. The summed E-state index contributed by atoms with van der Waals surface area (Å²) >= 11 is 0. The summed E-state index contributed by atoms with van der Waals surface area (Å²) < 4.78 is 0. The van der Waals surface area contributed by atoms with Gasteiger partial charge in [0.25, 0.3) is 5.91 Å². The zero-order valence-electron chi connectivity index (χ0n) is 11.5. The van der Waals surface area contributed by atoms with Crippen molar-refractivity contribution in [3.05, 3.63) is 47.5 Å². The third kappa shape index (κ3) is 2.63. The standard InChI is InChI=1S/C15H15N5O/c16-9-11-4-6-12(7-5-11)15(21)20-8-2-1-3-13(20)14-17-10-18-19-14/h4-7,10,13H,1-3,8H2,(H,17,18,19)/t13-/m0/s1. The number of carbonyl (C=O) groups excluding carboxylic acids is 1. The Balaban J connectivity index is 1.85. The van der Waals surface area contributed by atoms with E-state index in [2.05, 4.69) is 21.3 Å². The molecule has 0 bridgehead atoms. The average Bonchev–Trinajstić information content (AvgIpc) is 3.08. The first-order valence-corrected chi connectivity index (χ1v) is 6.96. The van der Waals surface area contributed by atoms with Crippen molar-refractivity contribution in [2.24, 2.45) is 0 Å². The van der Waals surface area contributed by atoms with Gasteiger partial charge in [-0.2, -0.15) is 10.4 Å². The number of aromatic amines is 1. The van der Waals surface area contributed by atoms with E-state index in [4.69, 9.17) is 5.26 Å². The fraction of sp³-hybridized carbons (Fsp3) is 0.333. The number of benzene rings is 1. The Morgan fingerprint density at radius 2 is 2.14 bits per heavy atom. The van der Waals surface area contributed by atoms with E-state index >= 15 is 0 Å². The van der Waals surface area contributed by atoms with Gasteiger partial charge in [0.2, 0.25) is 0 Å². The monoisotopic (exact) mass is 281 g/mol. The van der Waals surface area contributed by atoms with E-state index in [0.717, 1.165) is 25.1 Å². The van der Waals surface area contributed by atoms with E-state index in [1.54, 1.807) is 24.3 Å². The van der Waals surface area contributed by atoms with E-state index in [9.17, 15) is 4.79 Å². The Morgan fingerprint density at radius 3 is 2.81 bits per heavy atom. The highest BCUT2D eigenvalue weighted by atomic mass is 16.2. The van der Waals surface area contributed by atoms with Gasteiger partial charge in [0.15, 0.2) is 0 Å². The van der Waals surface area contributed by atoms with Gasteiger partial charge in [-0.05, 0) is 43.5 Å². The number of nitriles is 1. The molecule has 0 saturated carbocycles. The topological polar surface area (TPSA) is 85.7 Å². The van der Waals surface area contributed by atoms with Crippen LogP contribution in [0.4, 0.5) is 0 Å². The van der Waals surface area contributed by atoms with Crippen molar-refractivity contribution >= 4 is 5.91 Å². The maximum atomic E-state index is 12.7. The first-order chi connectivity index (χ1) is 10.3. The molecule has 1 aliphatic rings. The summed E-state index contributed by atoms with van der Waals surface area (Å²) in [6, 6.07) is 8.74. The van der Waals surface area contributed by atoms with Crippen LogP contribution in [0.3, 0.4) is 0 Å². The highest BCUT2D eigenvalue weighted by Gasteiger charge is 2.30. The molecule has 1 fully saturated rings. The number of aromatic nitrogens is 3. The van der Waals surface area contributed by atoms with Gasteiger partial charge in [-0.3, -0.25) is 9.89 Å². The van der Waals surface area contributed by atoms with Crippen LogP contribution >= 0.6 is 0 Å². The second kappa shape index (κ2) is 5.75. The maximum absolute atomic E-state index is 12.7. The number of nitrogens with zero attached hydrogens (tertiary/aromatic N) is 4. The molecule has 1 atom stereocenters. The van der Waals surface area contributed by atoms with E-state index in [1.807, 2.05) is 4.90 Å². The second-order valence-electron chi connectivity index (χ2n) is 5.07. The number of hydrogen-bond donors (Lipinski definition) is 1. The summed E-state index contributed by atoms with van der Waals surface area (Å²) in [6.45, 7) is 0.713. The molecule has 0 spiro atoms. The van der Waals surface area contributed by atoms with Gasteiger partial charge in [-0.15, -0.1) is 0 Å². The molecule has 2 heterocycles. The number of H-pyrrole nitrogens is 1. The lowest BCUT2D eigenvalue weighted by Gasteiger charge is -2.34. The molecule has 0 unspecified atom stereocenters. The van der Waals surface area contributed by atoms with Gasteiger partial charge < -0.3 is 4.90 Å². The molecule has 1 amide bonds. The molecule has 106 valence electrons. The number of hydrogen-bond acceptors (Lipinski definition) is 4. The molecule has 3 rings (SSSR count). The van der Waals surface area contributed by atoms with E-state index in [-0.39, 0.29) is 11.9 Å². The minimum Gasteiger partial charge on any atom is -0.328 e. The minimum absolute atomic E-state index is 0.0272. The van der Waals surface area contributed by atoms with Gasteiger partial charge >= 0.3 is 0 Å². The van der Waals surface area contributed by atoms with Crippen molar-refractivity contribution < 1.29 is 4.79 Å². The largest absolute Gasteiger partial charge is 0.328 e. The number of piperidine rings is 1. The predicted octanol–water partition coefficient (Wildman–Crippen LogP) is 2.04. The van der Waals surface area contributed by atoms with Gasteiger partial charge in [-0.1, -0.05) is 0 Å².